The first-order chi connectivity index (χ1) is 15.0. The zero-order valence-corrected chi connectivity index (χ0v) is 17.0. The Labute approximate surface area is 179 Å². The summed E-state index contributed by atoms with van der Waals surface area (Å²) in [6.07, 6.45) is 2.25. The molecule has 1 saturated heterocycles. The van der Waals surface area contributed by atoms with Gasteiger partial charge in [0.25, 0.3) is 5.91 Å². The molecular weight excluding hydrogens is 395 g/mol. The minimum absolute atomic E-state index is 0.0251. The Balaban J connectivity index is 1.50. The lowest BCUT2D eigenvalue weighted by atomic mass is 10.0. The maximum Gasteiger partial charge on any atom is 0.269 e. The monoisotopic (exact) mass is 418 g/mol. The minimum atomic E-state index is -0.562. The van der Waals surface area contributed by atoms with E-state index in [1.807, 2.05) is 39.8 Å². The van der Waals surface area contributed by atoms with Crippen LogP contribution in [0.4, 0.5) is 4.39 Å². The summed E-state index contributed by atoms with van der Waals surface area (Å²) >= 11 is 0. The van der Waals surface area contributed by atoms with E-state index in [1.54, 1.807) is 18.2 Å². The molecule has 2 N–H and O–H groups in total. The van der Waals surface area contributed by atoms with Crippen LogP contribution in [0.3, 0.4) is 0 Å². The molecular formula is C24H23FN4O2. The van der Waals surface area contributed by atoms with Crippen molar-refractivity contribution < 1.29 is 14.0 Å². The van der Waals surface area contributed by atoms with Crippen molar-refractivity contribution in [2.45, 2.75) is 44.3 Å². The van der Waals surface area contributed by atoms with Crippen molar-refractivity contribution in [2.24, 2.45) is 5.73 Å². The summed E-state index contributed by atoms with van der Waals surface area (Å²) in [6.45, 7) is 0.541. The summed E-state index contributed by atoms with van der Waals surface area (Å²) in [5, 5.41) is 0. The van der Waals surface area contributed by atoms with E-state index in [4.69, 9.17) is 5.73 Å². The van der Waals surface area contributed by atoms with Gasteiger partial charge in [0, 0.05) is 24.6 Å². The highest BCUT2D eigenvalue weighted by molar-refractivity contribution is 5.93. The number of primary amides is 1. The molecule has 2 amide bonds. The van der Waals surface area contributed by atoms with Gasteiger partial charge in [0.15, 0.2) is 0 Å². The Bertz CT molecular complexity index is 1160. The summed E-state index contributed by atoms with van der Waals surface area (Å²) in [7, 11) is 0. The van der Waals surface area contributed by atoms with Gasteiger partial charge in [-0.1, -0.05) is 48.5 Å². The van der Waals surface area contributed by atoms with Crippen LogP contribution in [-0.4, -0.2) is 38.3 Å². The van der Waals surface area contributed by atoms with Crippen molar-refractivity contribution in [2.75, 3.05) is 0 Å². The van der Waals surface area contributed by atoms with Gasteiger partial charge in [0.2, 0.25) is 5.91 Å². The fourth-order valence-corrected chi connectivity index (χ4v) is 4.97. The molecule has 1 fully saturated rings. The van der Waals surface area contributed by atoms with E-state index in [2.05, 4.69) is 4.98 Å². The lowest BCUT2D eigenvalue weighted by Crippen LogP contribution is -2.43. The van der Waals surface area contributed by atoms with E-state index < -0.39 is 5.91 Å². The Morgan fingerprint density at radius 2 is 1.74 bits per heavy atom. The largest absolute Gasteiger partial charge is 0.364 e. The van der Waals surface area contributed by atoms with Crippen molar-refractivity contribution in [3.8, 4) is 11.4 Å². The number of carbonyl (C=O) groups is 2. The number of hydrogen-bond acceptors (Lipinski definition) is 3. The van der Waals surface area contributed by atoms with Gasteiger partial charge >= 0.3 is 0 Å². The van der Waals surface area contributed by atoms with Crippen LogP contribution in [0.25, 0.3) is 11.4 Å². The highest BCUT2D eigenvalue weighted by Crippen LogP contribution is 2.36. The molecule has 0 spiro atoms. The van der Waals surface area contributed by atoms with Gasteiger partial charge in [-0.2, -0.15) is 0 Å². The van der Waals surface area contributed by atoms with Gasteiger partial charge in [-0.25, -0.2) is 9.37 Å². The second kappa shape index (κ2) is 7.65. The van der Waals surface area contributed by atoms with Crippen molar-refractivity contribution in [3.63, 3.8) is 0 Å². The average molecular weight is 418 g/mol. The summed E-state index contributed by atoms with van der Waals surface area (Å²) in [5.74, 6) is -0.319. The van der Waals surface area contributed by atoms with Crippen LogP contribution in [0.1, 0.15) is 34.6 Å². The number of imidazole rings is 1. The number of benzene rings is 2. The SMILES string of the molecule is NC(=O)c1nc(-c2ccccc2)n2c1C[C@@H]1CC[C@H](C2)N1C(=O)Cc1ccccc1F. The topological polar surface area (TPSA) is 81.2 Å². The lowest BCUT2D eigenvalue weighted by molar-refractivity contribution is -0.133. The third-order valence-corrected chi connectivity index (χ3v) is 6.37. The maximum atomic E-state index is 14.1. The van der Waals surface area contributed by atoms with Crippen LogP contribution in [0.15, 0.2) is 54.6 Å². The van der Waals surface area contributed by atoms with E-state index in [9.17, 15) is 14.0 Å². The highest BCUT2D eigenvalue weighted by Gasteiger charge is 2.42. The average Bonchev–Trinajstić information content (AvgIpc) is 3.26. The first kappa shape index (κ1) is 19.5. The number of amides is 2. The van der Waals surface area contributed by atoms with E-state index in [0.717, 1.165) is 24.1 Å². The molecule has 0 unspecified atom stereocenters. The van der Waals surface area contributed by atoms with E-state index >= 15 is 0 Å². The zero-order valence-electron chi connectivity index (χ0n) is 17.0. The van der Waals surface area contributed by atoms with Crippen LogP contribution in [-0.2, 0) is 24.2 Å². The molecule has 3 aromatic rings. The van der Waals surface area contributed by atoms with Gasteiger partial charge in [0.05, 0.1) is 18.2 Å². The summed E-state index contributed by atoms with van der Waals surface area (Å²) in [4.78, 5) is 31.9. The number of aromatic nitrogens is 2. The third-order valence-electron chi connectivity index (χ3n) is 6.37. The molecule has 7 heteroatoms. The first-order valence-electron chi connectivity index (χ1n) is 10.5. The summed E-state index contributed by atoms with van der Waals surface area (Å²) in [6, 6.07) is 16.0. The molecule has 6 nitrogen and oxygen atoms in total. The van der Waals surface area contributed by atoms with Gasteiger partial charge in [-0.05, 0) is 24.5 Å². The van der Waals surface area contributed by atoms with Crippen molar-refractivity contribution >= 4 is 11.8 Å². The number of halogens is 1. The number of nitrogens with two attached hydrogens (primary N) is 1. The predicted octanol–water partition coefficient (Wildman–Crippen LogP) is 2.95. The number of rotatable bonds is 4. The minimum Gasteiger partial charge on any atom is -0.364 e. The van der Waals surface area contributed by atoms with Crippen LogP contribution in [0.5, 0.6) is 0 Å². The molecule has 2 aliphatic heterocycles. The van der Waals surface area contributed by atoms with Crippen LogP contribution in [0.2, 0.25) is 0 Å². The fraction of sp³-hybridized carbons (Fsp3) is 0.292. The number of hydrogen-bond donors (Lipinski definition) is 1. The predicted molar refractivity (Wildman–Crippen MR) is 114 cm³/mol. The third kappa shape index (κ3) is 3.40. The molecule has 158 valence electrons. The van der Waals surface area contributed by atoms with E-state index in [0.29, 0.717) is 24.4 Å². The van der Waals surface area contributed by atoms with E-state index in [-0.39, 0.29) is 35.9 Å². The molecule has 2 aromatic carbocycles. The number of nitrogens with zero attached hydrogens (tertiary/aromatic N) is 3. The van der Waals surface area contributed by atoms with Crippen LogP contribution in [0, 0.1) is 5.82 Å². The molecule has 1 aromatic heterocycles. The van der Waals surface area contributed by atoms with Crippen LogP contribution >= 0.6 is 0 Å². The smallest absolute Gasteiger partial charge is 0.269 e. The Kier molecular flexibility index (Phi) is 4.81. The standard InChI is InChI=1S/C24H23FN4O2/c25-19-9-5-4-8-16(19)12-21(30)29-17-10-11-18(29)14-28-20(13-17)22(23(26)31)27-24(28)15-6-2-1-3-7-15/h1-9,17-18H,10-14H2,(H2,26,31)/t17-,18+/m0/s1. The van der Waals surface area contributed by atoms with Gasteiger partial charge in [-0.15, -0.1) is 0 Å². The molecule has 0 radical (unpaired) electrons. The quantitative estimate of drug-likeness (QED) is 0.707. The molecule has 0 aliphatic carbocycles. The number of fused-ring (bicyclic) bond motifs is 3. The molecule has 3 heterocycles. The molecule has 0 saturated carbocycles. The Hall–Kier alpha value is -3.48. The zero-order chi connectivity index (χ0) is 21.5. The van der Waals surface area contributed by atoms with Crippen LogP contribution < -0.4 is 5.73 Å². The summed E-state index contributed by atoms with van der Waals surface area (Å²) in [5.41, 5.74) is 8.01. The van der Waals surface area contributed by atoms with Gasteiger partial charge in [0.1, 0.15) is 17.3 Å². The van der Waals surface area contributed by atoms with Gasteiger partial charge in [-0.3, -0.25) is 9.59 Å². The Morgan fingerprint density at radius 3 is 2.48 bits per heavy atom. The molecule has 5 rings (SSSR count). The van der Waals surface area contributed by atoms with Crippen molar-refractivity contribution in [3.05, 3.63) is 77.4 Å². The molecule has 2 atom stereocenters. The molecule has 2 bridgehead atoms. The summed E-state index contributed by atoms with van der Waals surface area (Å²) < 4.78 is 16.2. The lowest BCUT2D eigenvalue weighted by Gasteiger charge is -2.28. The first-order valence-corrected chi connectivity index (χ1v) is 10.5. The highest BCUT2D eigenvalue weighted by atomic mass is 19.1. The molecule has 31 heavy (non-hydrogen) atoms. The van der Waals surface area contributed by atoms with E-state index in [1.165, 1.54) is 6.07 Å². The fourth-order valence-electron chi connectivity index (χ4n) is 4.97. The van der Waals surface area contributed by atoms with Crippen molar-refractivity contribution in [1.82, 2.24) is 14.5 Å². The van der Waals surface area contributed by atoms with Gasteiger partial charge < -0.3 is 15.2 Å². The Morgan fingerprint density at radius 1 is 1.03 bits per heavy atom. The normalized spacial score (nSPS) is 19.7. The second-order valence-electron chi connectivity index (χ2n) is 8.23. The maximum absolute atomic E-state index is 14.1. The van der Waals surface area contributed by atoms with Crippen molar-refractivity contribution in [1.29, 1.82) is 0 Å². The molecule has 2 aliphatic rings. The number of carbonyl (C=O) groups excluding carboxylic acids is 2. The second-order valence-corrected chi connectivity index (χ2v) is 8.23.